The molecule has 3 aliphatic heterocycles. The fourth-order valence-corrected chi connectivity index (χ4v) is 10.3. The van der Waals surface area contributed by atoms with E-state index in [0.717, 1.165) is 74.9 Å². The van der Waals surface area contributed by atoms with Gasteiger partial charge in [-0.25, -0.2) is 0 Å². The highest BCUT2D eigenvalue weighted by Crippen LogP contribution is 2.47. The maximum Gasteiger partial charge on any atom is 0.255 e. The molecule has 9 nitrogen and oxygen atoms in total. The molecule has 0 radical (unpaired) electrons. The smallest absolute Gasteiger partial charge is 0.255 e. The molecule has 9 heteroatoms. The predicted octanol–water partition coefficient (Wildman–Crippen LogP) is 8.12. The standard InChI is InChI=1S/C52H54N4O5/c57-49-22-21-48(51(58)53-49)56-32-40-30-42(14-19-47(40)52(56)59)55-27-25-54(26-28-55)24-23-38-29-41(38)34-61-43-15-11-37(12-16-43)50-45(36-9-5-2-6-10-36)18-13-39-31-44(17-20-46(39)50)60-33-35-7-3-1-4-8-35/h1-12,14-17,19-20,30-31,38,41,45,48,50H,13,18,21-29,32-34H2,(H,53,57,58)/t38-,41+,45-,48?,50+/m1/s1. The third kappa shape index (κ3) is 8.53. The molecular weight excluding hydrogens is 761 g/mol. The number of amides is 3. The third-order valence-corrected chi connectivity index (χ3v) is 13.9. The molecule has 1 unspecified atom stereocenters. The van der Waals surface area contributed by atoms with Crippen LogP contribution in [0.2, 0.25) is 0 Å². The second-order valence-corrected chi connectivity index (χ2v) is 17.7. The van der Waals surface area contributed by atoms with Crippen LogP contribution in [-0.4, -0.2) is 72.9 Å². The number of rotatable bonds is 13. The van der Waals surface area contributed by atoms with Crippen molar-refractivity contribution in [3.05, 3.63) is 160 Å². The van der Waals surface area contributed by atoms with Crippen molar-refractivity contribution in [2.75, 3.05) is 44.2 Å². The Morgan fingerprint density at radius 2 is 1.44 bits per heavy atom. The lowest BCUT2D eigenvalue weighted by atomic mass is 9.69. The molecule has 2 aliphatic carbocycles. The van der Waals surface area contributed by atoms with Crippen molar-refractivity contribution in [2.45, 2.75) is 69.6 Å². The maximum absolute atomic E-state index is 13.2. The van der Waals surface area contributed by atoms with Crippen LogP contribution in [0.5, 0.6) is 11.5 Å². The molecule has 5 aliphatic rings. The van der Waals surface area contributed by atoms with Crippen LogP contribution in [0.1, 0.15) is 87.7 Å². The van der Waals surface area contributed by atoms with Crippen molar-refractivity contribution in [3.8, 4) is 11.5 Å². The number of carbonyl (C=O) groups excluding carboxylic acids is 3. The van der Waals surface area contributed by atoms with Crippen LogP contribution in [0, 0.1) is 11.8 Å². The highest BCUT2D eigenvalue weighted by atomic mass is 16.5. The van der Waals surface area contributed by atoms with Gasteiger partial charge in [0, 0.05) is 56.3 Å². The van der Waals surface area contributed by atoms with Gasteiger partial charge in [-0.3, -0.25) is 24.6 Å². The van der Waals surface area contributed by atoms with Crippen molar-refractivity contribution in [1.29, 1.82) is 0 Å². The summed E-state index contributed by atoms with van der Waals surface area (Å²) in [5.41, 5.74) is 9.41. The Hall–Kier alpha value is -5.93. The van der Waals surface area contributed by atoms with Gasteiger partial charge in [-0.05, 0) is 132 Å². The summed E-state index contributed by atoms with van der Waals surface area (Å²) < 4.78 is 12.7. The topological polar surface area (TPSA) is 91.4 Å². The van der Waals surface area contributed by atoms with Crippen LogP contribution < -0.4 is 19.7 Å². The van der Waals surface area contributed by atoms with E-state index in [1.165, 1.54) is 40.7 Å². The molecule has 3 fully saturated rings. The second-order valence-electron chi connectivity index (χ2n) is 17.7. The SMILES string of the molecule is O=C1CCC(N2Cc3cc(N4CCN(CC[C@@H]5C[C@H]5COc5ccc([C@@H]6c7ccc(OCc8ccccc8)cc7CC[C@@H]6c6ccccc6)cc5)CC4)ccc3C2=O)C(=O)N1. The molecule has 3 heterocycles. The summed E-state index contributed by atoms with van der Waals surface area (Å²) in [4.78, 5) is 43.9. The fraction of sp³-hybridized carbons (Fsp3) is 0.365. The molecule has 2 saturated heterocycles. The molecule has 5 atom stereocenters. The average Bonchev–Trinajstić information content (AvgIpc) is 3.99. The average molecular weight is 815 g/mol. The molecule has 5 aromatic rings. The molecule has 312 valence electrons. The predicted molar refractivity (Wildman–Crippen MR) is 236 cm³/mol. The van der Waals surface area contributed by atoms with E-state index in [4.69, 9.17) is 9.47 Å². The molecule has 0 spiro atoms. The summed E-state index contributed by atoms with van der Waals surface area (Å²) in [6.07, 6.45) is 5.19. The monoisotopic (exact) mass is 814 g/mol. The van der Waals surface area contributed by atoms with Gasteiger partial charge in [0.2, 0.25) is 11.8 Å². The third-order valence-electron chi connectivity index (χ3n) is 13.9. The number of nitrogens with zero attached hydrogens (tertiary/aromatic N) is 3. The number of benzene rings is 5. The first kappa shape index (κ1) is 39.2. The fourth-order valence-electron chi connectivity index (χ4n) is 10.3. The minimum Gasteiger partial charge on any atom is -0.493 e. The lowest BCUT2D eigenvalue weighted by molar-refractivity contribution is -0.136. The number of hydrogen-bond acceptors (Lipinski definition) is 7. The van der Waals surface area contributed by atoms with Crippen molar-refractivity contribution < 1.29 is 23.9 Å². The second kappa shape index (κ2) is 17.2. The number of piperazine rings is 1. The van der Waals surface area contributed by atoms with E-state index in [0.29, 0.717) is 42.9 Å². The Labute approximate surface area is 358 Å². The van der Waals surface area contributed by atoms with Crippen LogP contribution in [0.3, 0.4) is 0 Å². The van der Waals surface area contributed by atoms with Crippen LogP contribution in [0.25, 0.3) is 0 Å². The molecule has 3 amide bonds. The Morgan fingerprint density at radius 3 is 2.23 bits per heavy atom. The van der Waals surface area contributed by atoms with E-state index in [-0.39, 0.29) is 30.1 Å². The minimum atomic E-state index is -0.588. The molecule has 0 aromatic heterocycles. The van der Waals surface area contributed by atoms with E-state index >= 15 is 0 Å². The highest BCUT2D eigenvalue weighted by molar-refractivity contribution is 6.05. The first-order valence-corrected chi connectivity index (χ1v) is 22.3. The summed E-state index contributed by atoms with van der Waals surface area (Å²) in [7, 11) is 0. The number of piperidine rings is 1. The zero-order chi connectivity index (χ0) is 41.3. The van der Waals surface area contributed by atoms with Gasteiger partial charge >= 0.3 is 0 Å². The van der Waals surface area contributed by atoms with E-state index in [1.807, 2.05) is 18.2 Å². The van der Waals surface area contributed by atoms with Gasteiger partial charge in [0.15, 0.2) is 0 Å². The van der Waals surface area contributed by atoms with Gasteiger partial charge in [0.25, 0.3) is 5.91 Å². The number of nitrogens with one attached hydrogen (secondary N) is 1. The van der Waals surface area contributed by atoms with Crippen molar-refractivity contribution in [3.63, 3.8) is 0 Å². The summed E-state index contributed by atoms with van der Waals surface area (Å²) in [5.74, 6) is 3.10. The van der Waals surface area contributed by atoms with E-state index in [9.17, 15) is 14.4 Å². The number of aryl methyl sites for hydroxylation is 1. The number of imide groups is 1. The van der Waals surface area contributed by atoms with Crippen LogP contribution >= 0.6 is 0 Å². The lowest BCUT2D eigenvalue weighted by Crippen LogP contribution is -2.52. The van der Waals surface area contributed by atoms with Gasteiger partial charge in [-0.1, -0.05) is 78.9 Å². The Bertz CT molecular complexity index is 2380. The van der Waals surface area contributed by atoms with Crippen molar-refractivity contribution >= 4 is 23.4 Å². The zero-order valence-corrected chi connectivity index (χ0v) is 34.7. The van der Waals surface area contributed by atoms with E-state index < -0.39 is 6.04 Å². The lowest BCUT2D eigenvalue weighted by Gasteiger charge is -2.36. The normalized spacial score (nSPS) is 23.6. The van der Waals surface area contributed by atoms with E-state index in [1.54, 1.807) is 4.90 Å². The highest BCUT2D eigenvalue weighted by Gasteiger charge is 2.40. The number of carbonyl (C=O) groups is 3. The Morgan fingerprint density at radius 1 is 0.672 bits per heavy atom. The number of ether oxygens (including phenoxy) is 2. The number of fused-ring (bicyclic) bond motifs is 2. The van der Waals surface area contributed by atoms with Crippen LogP contribution in [0.4, 0.5) is 5.69 Å². The van der Waals surface area contributed by atoms with Crippen molar-refractivity contribution in [2.24, 2.45) is 11.8 Å². The van der Waals surface area contributed by atoms with Crippen LogP contribution in [-0.2, 0) is 29.2 Å². The zero-order valence-electron chi connectivity index (χ0n) is 34.7. The van der Waals surface area contributed by atoms with Gasteiger partial charge in [0.1, 0.15) is 24.1 Å². The molecule has 5 aromatic carbocycles. The molecule has 0 bridgehead atoms. The maximum atomic E-state index is 13.2. The molecule has 10 rings (SSSR count). The molecule has 1 N–H and O–H groups in total. The van der Waals surface area contributed by atoms with Crippen LogP contribution in [0.15, 0.2) is 121 Å². The Balaban J connectivity index is 0.699. The summed E-state index contributed by atoms with van der Waals surface area (Å²) in [5, 5.41) is 2.39. The largest absolute Gasteiger partial charge is 0.493 e. The first-order chi connectivity index (χ1) is 29.9. The molecule has 61 heavy (non-hydrogen) atoms. The van der Waals surface area contributed by atoms with Gasteiger partial charge in [-0.2, -0.15) is 0 Å². The summed E-state index contributed by atoms with van der Waals surface area (Å²) >= 11 is 0. The summed E-state index contributed by atoms with van der Waals surface area (Å²) in [6, 6.07) is 42.5. The number of hydrogen-bond donors (Lipinski definition) is 1. The van der Waals surface area contributed by atoms with Gasteiger partial charge in [0.05, 0.1) is 6.61 Å². The Kier molecular flexibility index (Phi) is 11.1. The van der Waals surface area contributed by atoms with Gasteiger partial charge in [-0.15, -0.1) is 0 Å². The minimum absolute atomic E-state index is 0.124. The quantitative estimate of drug-likeness (QED) is 0.120. The summed E-state index contributed by atoms with van der Waals surface area (Å²) in [6.45, 7) is 6.76. The first-order valence-electron chi connectivity index (χ1n) is 22.3. The van der Waals surface area contributed by atoms with Gasteiger partial charge < -0.3 is 19.3 Å². The molecular formula is C52H54N4O5. The van der Waals surface area contributed by atoms with E-state index in [2.05, 4.69) is 118 Å². The van der Waals surface area contributed by atoms with Crippen molar-refractivity contribution in [1.82, 2.24) is 15.1 Å². The molecule has 1 saturated carbocycles. The number of anilines is 1.